The number of nitrogens with one attached hydrogen (secondary N) is 1. The number of carbonyl (C=O) groups excluding carboxylic acids is 2. The molecule has 2 saturated heterocycles. The number of hydrogen-bond donors (Lipinski definition) is 1. The fourth-order valence-electron chi connectivity index (χ4n) is 2.66. The summed E-state index contributed by atoms with van der Waals surface area (Å²) in [7, 11) is 0. The van der Waals surface area contributed by atoms with Gasteiger partial charge in [-0.1, -0.05) is 6.92 Å². The lowest BCUT2D eigenvalue weighted by atomic mass is 10.1. The fraction of sp³-hybridized carbons (Fsp3) is 0.833. The number of hydrogen-bond acceptors (Lipinski definition) is 3. The summed E-state index contributed by atoms with van der Waals surface area (Å²) in [5, 5.41) is 2.62. The average Bonchev–Trinajstić information content (AvgIpc) is 2.77. The second-order valence-electron chi connectivity index (χ2n) is 4.99. The van der Waals surface area contributed by atoms with Crippen molar-refractivity contribution in [3.8, 4) is 0 Å². The topological polar surface area (TPSA) is 52.6 Å². The van der Waals surface area contributed by atoms with Crippen LogP contribution >= 0.6 is 0 Å². The lowest BCUT2D eigenvalue weighted by Crippen LogP contribution is -2.58. The molecule has 0 aliphatic carbocycles. The van der Waals surface area contributed by atoms with Gasteiger partial charge in [0, 0.05) is 13.1 Å². The molecule has 2 atom stereocenters. The first-order valence-electron chi connectivity index (χ1n) is 6.41. The Hall–Kier alpha value is -1.10. The average molecular weight is 239 g/mol. The lowest BCUT2D eigenvalue weighted by molar-refractivity contribution is -0.145. The van der Waals surface area contributed by atoms with E-state index in [1.165, 1.54) is 0 Å². The number of likely N-dealkylation sites (tertiary alicyclic amines) is 1. The van der Waals surface area contributed by atoms with E-state index in [-0.39, 0.29) is 24.4 Å². The Balaban J connectivity index is 1.93. The Kier molecular flexibility index (Phi) is 3.66. The van der Waals surface area contributed by atoms with Crippen LogP contribution in [0, 0.1) is 5.92 Å². The molecule has 0 bridgehead atoms. The van der Waals surface area contributed by atoms with Gasteiger partial charge in [-0.2, -0.15) is 0 Å². The summed E-state index contributed by atoms with van der Waals surface area (Å²) in [6.45, 7) is 8.08. The molecule has 0 aromatic carbocycles. The van der Waals surface area contributed by atoms with Crippen molar-refractivity contribution in [1.29, 1.82) is 0 Å². The van der Waals surface area contributed by atoms with Crippen LogP contribution in [0.4, 0.5) is 0 Å². The highest BCUT2D eigenvalue weighted by Crippen LogP contribution is 2.19. The van der Waals surface area contributed by atoms with Crippen LogP contribution in [-0.4, -0.2) is 60.4 Å². The first kappa shape index (κ1) is 12.4. The summed E-state index contributed by atoms with van der Waals surface area (Å²) < 4.78 is 0. The minimum Gasteiger partial charge on any atom is -0.345 e. The maximum absolute atomic E-state index is 11.8. The van der Waals surface area contributed by atoms with Crippen LogP contribution < -0.4 is 5.32 Å². The Labute approximate surface area is 102 Å². The zero-order valence-electron chi connectivity index (χ0n) is 10.6. The molecule has 0 radical (unpaired) electrons. The maximum Gasteiger partial charge on any atom is 0.242 e. The van der Waals surface area contributed by atoms with Gasteiger partial charge in [-0.25, -0.2) is 0 Å². The van der Waals surface area contributed by atoms with Crippen LogP contribution in [0.15, 0.2) is 0 Å². The van der Waals surface area contributed by atoms with Crippen molar-refractivity contribution in [2.75, 3.05) is 32.7 Å². The molecule has 96 valence electrons. The van der Waals surface area contributed by atoms with Gasteiger partial charge in [-0.3, -0.25) is 9.59 Å². The molecule has 2 amide bonds. The van der Waals surface area contributed by atoms with Crippen molar-refractivity contribution in [3.05, 3.63) is 0 Å². The highest BCUT2D eigenvalue weighted by molar-refractivity contribution is 5.94. The maximum atomic E-state index is 11.8. The molecule has 2 rings (SSSR count). The van der Waals surface area contributed by atoms with Crippen molar-refractivity contribution >= 4 is 11.8 Å². The minimum atomic E-state index is -0.313. The highest BCUT2D eigenvalue weighted by Gasteiger charge is 2.33. The van der Waals surface area contributed by atoms with Crippen LogP contribution in [-0.2, 0) is 9.59 Å². The van der Waals surface area contributed by atoms with E-state index < -0.39 is 0 Å². The molecular weight excluding hydrogens is 218 g/mol. The van der Waals surface area contributed by atoms with Gasteiger partial charge in [0.05, 0.1) is 6.54 Å². The first-order chi connectivity index (χ1) is 8.11. The van der Waals surface area contributed by atoms with Gasteiger partial charge in [0.1, 0.15) is 6.04 Å². The fourth-order valence-corrected chi connectivity index (χ4v) is 2.66. The SMILES string of the molecule is CCN1CCC(CN2C(=O)CNC(=O)C2C)C1. The molecular formula is C12H21N3O2. The number of rotatable bonds is 3. The van der Waals surface area contributed by atoms with E-state index in [1.807, 2.05) is 0 Å². The molecule has 2 aliphatic heterocycles. The van der Waals surface area contributed by atoms with Crippen molar-refractivity contribution < 1.29 is 9.59 Å². The van der Waals surface area contributed by atoms with Crippen molar-refractivity contribution in [3.63, 3.8) is 0 Å². The summed E-state index contributed by atoms with van der Waals surface area (Å²) in [4.78, 5) is 27.4. The van der Waals surface area contributed by atoms with E-state index >= 15 is 0 Å². The third-order valence-corrected chi connectivity index (χ3v) is 3.85. The quantitative estimate of drug-likeness (QED) is 0.734. The van der Waals surface area contributed by atoms with Crippen molar-refractivity contribution in [1.82, 2.24) is 15.1 Å². The van der Waals surface area contributed by atoms with Crippen LogP contribution in [0.1, 0.15) is 20.3 Å². The summed E-state index contributed by atoms with van der Waals surface area (Å²) >= 11 is 0. The highest BCUT2D eigenvalue weighted by atomic mass is 16.2. The van der Waals surface area contributed by atoms with Gasteiger partial charge in [0.15, 0.2) is 0 Å². The molecule has 5 heteroatoms. The predicted molar refractivity (Wildman–Crippen MR) is 64.4 cm³/mol. The molecule has 2 unspecified atom stereocenters. The molecule has 2 heterocycles. The molecule has 17 heavy (non-hydrogen) atoms. The van der Waals surface area contributed by atoms with Crippen molar-refractivity contribution in [2.24, 2.45) is 5.92 Å². The number of amides is 2. The van der Waals surface area contributed by atoms with E-state index in [1.54, 1.807) is 11.8 Å². The van der Waals surface area contributed by atoms with E-state index in [4.69, 9.17) is 0 Å². The minimum absolute atomic E-state index is 0.0325. The van der Waals surface area contributed by atoms with Gasteiger partial charge >= 0.3 is 0 Å². The van der Waals surface area contributed by atoms with Crippen LogP contribution in [0.3, 0.4) is 0 Å². The monoisotopic (exact) mass is 239 g/mol. The Bertz CT molecular complexity index is 319. The summed E-state index contributed by atoms with van der Waals surface area (Å²) in [5.41, 5.74) is 0. The Morgan fingerprint density at radius 1 is 1.41 bits per heavy atom. The van der Waals surface area contributed by atoms with E-state index in [2.05, 4.69) is 17.1 Å². The smallest absolute Gasteiger partial charge is 0.242 e. The summed E-state index contributed by atoms with van der Waals surface area (Å²) in [5.74, 6) is 0.536. The van der Waals surface area contributed by atoms with E-state index in [0.29, 0.717) is 5.92 Å². The standard InChI is InChI=1S/C12H21N3O2/c1-3-14-5-4-10(7-14)8-15-9(2)12(17)13-6-11(15)16/h9-10H,3-8H2,1-2H3,(H,13,17). The van der Waals surface area contributed by atoms with Crippen LogP contribution in [0.2, 0.25) is 0 Å². The molecule has 0 aromatic heterocycles. The largest absolute Gasteiger partial charge is 0.345 e. The van der Waals surface area contributed by atoms with Crippen molar-refractivity contribution in [2.45, 2.75) is 26.3 Å². The number of carbonyl (C=O) groups is 2. The van der Waals surface area contributed by atoms with Crippen LogP contribution in [0.5, 0.6) is 0 Å². The van der Waals surface area contributed by atoms with E-state index in [0.717, 1.165) is 32.6 Å². The van der Waals surface area contributed by atoms with Gasteiger partial charge in [-0.05, 0) is 32.4 Å². The van der Waals surface area contributed by atoms with Gasteiger partial charge in [0.2, 0.25) is 11.8 Å². The molecule has 2 fully saturated rings. The van der Waals surface area contributed by atoms with Gasteiger partial charge in [-0.15, -0.1) is 0 Å². The third-order valence-electron chi connectivity index (χ3n) is 3.85. The second kappa shape index (κ2) is 5.04. The Morgan fingerprint density at radius 3 is 2.82 bits per heavy atom. The normalized spacial score (nSPS) is 30.8. The van der Waals surface area contributed by atoms with Crippen LogP contribution in [0.25, 0.3) is 0 Å². The third kappa shape index (κ3) is 2.60. The lowest BCUT2D eigenvalue weighted by Gasteiger charge is -2.34. The molecule has 5 nitrogen and oxygen atoms in total. The summed E-state index contributed by atoms with van der Waals surface area (Å²) in [6, 6.07) is -0.313. The van der Waals surface area contributed by atoms with E-state index in [9.17, 15) is 9.59 Å². The molecule has 2 aliphatic rings. The zero-order valence-corrected chi connectivity index (χ0v) is 10.6. The number of piperazine rings is 1. The number of nitrogens with zero attached hydrogens (tertiary/aromatic N) is 2. The predicted octanol–water partition coefficient (Wildman–Crippen LogP) is -0.325. The Morgan fingerprint density at radius 2 is 2.18 bits per heavy atom. The zero-order chi connectivity index (χ0) is 12.4. The van der Waals surface area contributed by atoms with Gasteiger partial charge < -0.3 is 15.1 Å². The second-order valence-corrected chi connectivity index (χ2v) is 4.99. The molecule has 1 N–H and O–H groups in total. The van der Waals surface area contributed by atoms with Gasteiger partial charge in [0.25, 0.3) is 0 Å². The molecule has 0 aromatic rings. The molecule has 0 saturated carbocycles. The molecule has 0 spiro atoms. The summed E-state index contributed by atoms with van der Waals surface area (Å²) in [6.07, 6.45) is 1.13. The first-order valence-corrected chi connectivity index (χ1v) is 6.41.